The standard InChI is InChI=1S/C10H10F3NO3/c1-6-2-3-8(15)7(4-6)9(16)14-17-5-10(11,12)13/h2-4,15H,5H2,1H3,(H,14,16). The van der Waals surface area contributed by atoms with Crippen LogP contribution in [0.2, 0.25) is 0 Å². The summed E-state index contributed by atoms with van der Waals surface area (Å²) < 4.78 is 35.2. The van der Waals surface area contributed by atoms with Gasteiger partial charge in [0.15, 0.2) is 6.61 Å². The molecular weight excluding hydrogens is 239 g/mol. The fraction of sp³-hybridized carbons (Fsp3) is 0.300. The highest BCUT2D eigenvalue weighted by atomic mass is 19.4. The van der Waals surface area contributed by atoms with Crippen molar-refractivity contribution < 1.29 is 27.9 Å². The number of hydrogen-bond acceptors (Lipinski definition) is 3. The van der Waals surface area contributed by atoms with E-state index in [4.69, 9.17) is 0 Å². The Morgan fingerprint density at radius 1 is 1.47 bits per heavy atom. The molecule has 0 aliphatic carbocycles. The molecule has 0 aromatic heterocycles. The number of hydroxylamine groups is 1. The zero-order valence-electron chi connectivity index (χ0n) is 8.84. The summed E-state index contributed by atoms with van der Waals surface area (Å²) in [4.78, 5) is 15.3. The van der Waals surface area contributed by atoms with Gasteiger partial charge in [-0.15, -0.1) is 0 Å². The Kier molecular flexibility index (Phi) is 3.95. The first-order valence-electron chi connectivity index (χ1n) is 4.58. The van der Waals surface area contributed by atoms with Crippen LogP contribution in [-0.4, -0.2) is 23.8 Å². The second kappa shape index (κ2) is 5.05. The van der Waals surface area contributed by atoms with Crippen LogP contribution in [0, 0.1) is 6.92 Å². The molecule has 17 heavy (non-hydrogen) atoms. The Morgan fingerprint density at radius 3 is 2.71 bits per heavy atom. The van der Waals surface area contributed by atoms with E-state index in [1.54, 1.807) is 18.5 Å². The number of amides is 1. The molecule has 2 N–H and O–H groups in total. The van der Waals surface area contributed by atoms with Gasteiger partial charge in [0.1, 0.15) is 5.75 Å². The number of carbonyl (C=O) groups is 1. The molecule has 1 rings (SSSR count). The van der Waals surface area contributed by atoms with Crippen LogP contribution in [-0.2, 0) is 4.84 Å². The Bertz CT molecular complexity index is 418. The van der Waals surface area contributed by atoms with Gasteiger partial charge >= 0.3 is 6.18 Å². The highest BCUT2D eigenvalue weighted by molar-refractivity contribution is 5.96. The number of phenolic OH excluding ortho intramolecular Hbond substituents is 1. The fourth-order valence-corrected chi connectivity index (χ4v) is 1.07. The largest absolute Gasteiger partial charge is 0.507 e. The summed E-state index contributed by atoms with van der Waals surface area (Å²) in [5.74, 6) is -1.26. The van der Waals surface area contributed by atoms with E-state index in [1.165, 1.54) is 12.1 Å². The number of nitrogens with one attached hydrogen (secondary N) is 1. The maximum atomic E-state index is 11.7. The van der Waals surface area contributed by atoms with E-state index < -0.39 is 18.7 Å². The predicted molar refractivity (Wildman–Crippen MR) is 52.3 cm³/mol. The second-order valence-corrected chi connectivity index (χ2v) is 3.36. The lowest BCUT2D eigenvalue weighted by molar-refractivity contribution is -0.184. The van der Waals surface area contributed by atoms with Gasteiger partial charge in [-0.25, -0.2) is 5.48 Å². The third-order valence-electron chi connectivity index (χ3n) is 1.80. The van der Waals surface area contributed by atoms with Crippen LogP contribution < -0.4 is 5.48 Å². The summed E-state index contributed by atoms with van der Waals surface area (Å²) in [7, 11) is 0. The molecule has 0 unspecified atom stereocenters. The van der Waals surface area contributed by atoms with Crippen molar-refractivity contribution in [3.05, 3.63) is 29.3 Å². The zero-order valence-corrected chi connectivity index (χ0v) is 8.84. The Labute approximate surface area is 95.0 Å². The minimum absolute atomic E-state index is 0.146. The number of carbonyl (C=O) groups excluding carboxylic acids is 1. The van der Waals surface area contributed by atoms with Gasteiger partial charge in [-0.1, -0.05) is 11.6 Å². The van der Waals surface area contributed by atoms with Gasteiger partial charge in [0.2, 0.25) is 0 Å². The molecule has 0 spiro atoms. The molecule has 1 aromatic rings. The van der Waals surface area contributed by atoms with Gasteiger partial charge in [0, 0.05) is 0 Å². The van der Waals surface area contributed by atoms with Gasteiger partial charge in [0.05, 0.1) is 5.56 Å². The first kappa shape index (κ1) is 13.3. The molecule has 0 aliphatic rings. The van der Waals surface area contributed by atoms with Crippen LogP contribution in [0.1, 0.15) is 15.9 Å². The molecule has 0 heterocycles. The Morgan fingerprint density at radius 2 is 2.12 bits per heavy atom. The van der Waals surface area contributed by atoms with Crippen LogP contribution in [0.25, 0.3) is 0 Å². The summed E-state index contributed by atoms with van der Waals surface area (Å²) in [6.07, 6.45) is -4.53. The number of aromatic hydroxyl groups is 1. The highest BCUT2D eigenvalue weighted by Crippen LogP contribution is 2.18. The lowest BCUT2D eigenvalue weighted by atomic mass is 10.1. The van der Waals surface area contributed by atoms with Crippen LogP contribution in [0.5, 0.6) is 5.75 Å². The van der Waals surface area contributed by atoms with Crippen LogP contribution >= 0.6 is 0 Å². The van der Waals surface area contributed by atoms with Crippen LogP contribution in [0.3, 0.4) is 0 Å². The molecule has 1 amide bonds. The van der Waals surface area contributed by atoms with E-state index in [1.807, 2.05) is 0 Å². The van der Waals surface area contributed by atoms with E-state index in [9.17, 15) is 23.1 Å². The van der Waals surface area contributed by atoms with E-state index in [-0.39, 0.29) is 11.3 Å². The third-order valence-corrected chi connectivity index (χ3v) is 1.80. The Balaban J connectivity index is 2.61. The number of halogens is 3. The molecule has 0 bridgehead atoms. The third kappa shape index (κ3) is 4.31. The smallest absolute Gasteiger partial charge is 0.414 e. The first-order chi connectivity index (χ1) is 7.79. The van der Waals surface area contributed by atoms with E-state index in [0.717, 1.165) is 0 Å². The van der Waals surface area contributed by atoms with E-state index in [0.29, 0.717) is 5.56 Å². The number of rotatable bonds is 3. The number of aryl methyl sites for hydroxylation is 1. The summed E-state index contributed by atoms with van der Waals surface area (Å²) in [6, 6.07) is 4.16. The van der Waals surface area contributed by atoms with Gasteiger partial charge in [-0.05, 0) is 19.1 Å². The molecule has 0 aliphatic heterocycles. The average molecular weight is 249 g/mol. The molecule has 0 fully saturated rings. The lowest BCUT2D eigenvalue weighted by Crippen LogP contribution is -2.29. The minimum Gasteiger partial charge on any atom is -0.507 e. The monoisotopic (exact) mass is 249 g/mol. The van der Waals surface area contributed by atoms with Gasteiger partial charge in [-0.2, -0.15) is 13.2 Å². The van der Waals surface area contributed by atoms with Crippen molar-refractivity contribution in [2.24, 2.45) is 0 Å². The van der Waals surface area contributed by atoms with Crippen LogP contribution in [0.4, 0.5) is 13.2 Å². The van der Waals surface area contributed by atoms with Crippen molar-refractivity contribution in [2.75, 3.05) is 6.61 Å². The molecule has 0 radical (unpaired) electrons. The summed E-state index contributed by atoms with van der Waals surface area (Å²) >= 11 is 0. The number of benzene rings is 1. The van der Waals surface area contributed by atoms with Gasteiger partial charge < -0.3 is 5.11 Å². The van der Waals surface area contributed by atoms with Crippen LogP contribution in [0.15, 0.2) is 18.2 Å². The van der Waals surface area contributed by atoms with Crippen molar-refractivity contribution in [1.29, 1.82) is 0 Å². The van der Waals surface area contributed by atoms with Crippen molar-refractivity contribution in [3.63, 3.8) is 0 Å². The van der Waals surface area contributed by atoms with Gasteiger partial charge in [0.25, 0.3) is 5.91 Å². The molecule has 1 aromatic carbocycles. The van der Waals surface area contributed by atoms with Gasteiger partial charge in [-0.3, -0.25) is 9.63 Å². The summed E-state index contributed by atoms with van der Waals surface area (Å²) in [5, 5.41) is 9.33. The quantitative estimate of drug-likeness (QED) is 0.804. The Hall–Kier alpha value is -1.76. The molecule has 4 nitrogen and oxygen atoms in total. The SMILES string of the molecule is Cc1ccc(O)c(C(=O)NOCC(F)(F)F)c1. The average Bonchev–Trinajstić information content (AvgIpc) is 2.19. The molecule has 94 valence electrons. The highest BCUT2D eigenvalue weighted by Gasteiger charge is 2.28. The van der Waals surface area contributed by atoms with Crippen molar-refractivity contribution >= 4 is 5.91 Å². The molecule has 0 saturated heterocycles. The first-order valence-corrected chi connectivity index (χ1v) is 4.58. The second-order valence-electron chi connectivity index (χ2n) is 3.36. The molecular formula is C10H10F3NO3. The minimum atomic E-state index is -4.53. The summed E-state index contributed by atoms with van der Waals surface area (Å²) in [6.45, 7) is 0.0815. The summed E-state index contributed by atoms with van der Waals surface area (Å²) in [5.41, 5.74) is 2.14. The number of hydrogen-bond donors (Lipinski definition) is 2. The normalized spacial score (nSPS) is 11.3. The van der Waals surface area contributed by atoms with Crippen molar-refractivity contribution in [2.45, 2.75) is 13.1 Å². The molecule has 0 saturated carbocycles. The number of alkyl halides is 3. The van der Waals surface area contributed by atoms with Crippen molar-refractivity contribution in [3.8, 4) is 5.75 Å². The lowest BCUT2D eigenvalue weighted by Gasteiger charge is -2.09. The predicted octanol–water partition coefficient (Wildman–Crippen LogP) is 1.92. The number of phenols is 1. The molecule has 7 heteroatoms. The van der Waals surface area contributed by atoms with Crippen molar-refractivity contribution in [1.82, 2.24) is 5.48 Å². The zero-order chi connectivity index (χ0) is 13.1. The fourth-order valence-electron chi connectivity index (χ4n) is 1.07. The maximum Gasteiger partial charge on any atom is 0.414 e. The van der Waals surface area contributed by atoms with E-state index in [2.05, 4.69) is 4.84 Å². The van der Waals surface area contributed by atoms with E-state index >= 15 is 0 Å². The maximum absolute atomic E-state index is 11.7. The topological polar surface area (TPSA) is 58.6 Å². The molecule has 0 atom stereocenters.